The maximum Gasteiger partial charge on any atom is 0.337 e. The molecule has 0 radical (unpaired) electrons. The van der Waals surface area contributed by atoms with Gasteiger partial charge in [0.25, 0.3) is 0 Å². The van der Waals surface area contributed by atoms with Gasteiger partial charge >= 0.3 is 12.0 Å². The molecule has 2 rings (SSSR count). The van der Waals surface area contributed by atoms with E-state index in [1.54, 1.807) is 12.1 Å². The topological polar surface area (TPSA) is 78.4 Å². The van der Waals surface area contributed by atoms with Crippen LogP contribution in [0.1, 0.15) is 30.1 Å². The minimum absolute atomic E-state index is 0.0624. The first-order valence-electron chi connectivity index (χ1n) is 6.11. The third-order valence-corrected chi connectivity index (χ3v) is 3.72. The molecule has 1 aromatic carbocycles. The Balaban J connectivity index is 2.02. The molecule has 2 atom stereocenters. The number of carboxylic acids is 1. The zero-order valence-corrected chi connectivity index (χ0v) is 12.0. The van der Waals surface area contributed by atoms with E-state index in [9.17, 15) is 9.59 Å². The molecule has 0 bridgehead atoms. The van der Waals surface area contributed by atoms with E-state index >= 15 is 0 Å². The second-order valence-electron chi connectivity index (χ2n) is 4.60. The summed E-state index contributed by atoms with van der Waals surface area (Å²) in [6.45, 7) is 2.08. The second kappa shape index (κ2) is 5.61. The van der Waals surface area contributed by atoms with Crippen LogP contribution < -0.4 is 10.6 Å². The van der Waals surface area contributed by atoms with Crippen molar-refractivity contribution in [3.8, 4) is 0 Å². The lowest BCUT2D eigenvalue weighted by molar-refractivity contribution is 0.0698. The second-order valence-corrected chi connectivity index (χ2v) is 5.52. The SMILES string of the molecule is CCC1CC1NC(=O)Nc1ccc(Br)cc1C(=O)O. The molecule has 1 aromatic rings. The molecule has 5 nitrogen and oxygen atoms in total. The highest BCUT2D eigenvalue weighted by molar-refractivity contribution is 9.10. The molecule has 0 spiro atoms. The minimum atomic E-state index is -1.07. The molecule has 0 heterocycles. The molecule has 2 amide bonds. The number of carbonyl (C=O) groups excluding carboxylic acids is 1. The summed E-state index contributed by atoms with van der Waals surface area (Å²) < 4.78 is 0.657. The summed E-state index contributed by atoms with van der Waals surface area (Å²) in [5.74, 6) is -0.524. The van der Waals surface area contributed by atoms with Gasteiger partial charge in [0, 0.05) is 10.5 Å². The normalized spacial score (nSPS) is 20.7. The van der Waals surface area contributed by atoms with Crippen molar-refractivity contribution in [2.24, 2.45) is 5.92 Å². The first kappa shape index (κ1) is 13.9. The molecule has 1 fully saturated rings. The Morgan fingerprint density at radius 3 is 2.79 bits per heavy atom. The summed E-state index contributed by atoms with van der Waals surface area (Å²) in [7, 11) is 0. The molecular formula is C13H15BrN2O3. The fraction of sp³-hybridized carbons (Fsp3) is 0.385. The number of carboxylic acid groups (broad SMARTS) is 1. The number of rotatable bonds is 4. The molecule has 2 unspecified atom stereocenters. The van der Waals surface area contributed by atoms with Gasteiger partial charge in [-0.1, -0.05) is 29.3 Å². The summed E-state index contributed by atoms with van der Waals surface area (Å²) in [4.78, 5) is 22.9. The van der Waals surface area contributed by atoms with Crippen LogP contribution in [0.5, 0.6) is 0 Å². The Kier molecular flexibility index (Phi) is 4.09. The van der Waals surface area contributed by atoms with Crippen LogP contribution in [0.3, 0.4) is 0 Å². The number of amides is 2. The summed E-state index contributed by atoms with van der Waals surface area (Å²) in [5, 5.41) is 14.5. The van der Waals surface area contributed by atoms with Crippen LogP contribution in [0.2, 0.25) is 0 Å². The van der Waals surface area contributed by atoms with E-state index in [2.05, 4.69) is 33.5 Å². The van der Waals surface area contributed by atoms with Crippen molar-refractivity contribution < 1.29 is 14.7 Å². The van der Waals surface area contributed by atoms with Crippen molar-refractivity contribution in [2.45, 2.75) is 25.8 Å². The predicted molar refractivity (Wildman–Crippen MR) is 75.4 cm³/mol. The Labute approximate surface area is 119 Å². The molecule has 1 aliphatic rings. The van der Waals surface area contributed by atoms with Gasteiger partial charge in [-0.2, -0.15) is 0 Å². The summed E-state index contributed by atoms with van der Waals surface area (Å²) in [6, 6.07) is 4.58. The third-order valence-electron chi connectivity index (χ3n) is 3.22. The van der Waals surface area contributed by atoms with Crippen LogP contribution >= 0.6 is 15.9 Å². The van der Waals surface area contributed by atoms with Crippen LogP contribution in [-0.2, 0) is 0 Å². The zero-order valence-electron chi connectivity index (χ0n) is 10.4. The maximum atomic E-state index is 11.8. The van der Waals surface area contributed by atoms with Crippen molar-refractivity contribution in [3.63, 3.8) is 0 Å². The van der Waals surface area contributed by atoms with Crippen molar-refractivity contribution in [1.82, 2.24) is 5.32 Å². The molecular weight excluding hydrogens is 312 g/mol. The number of halogens is 1. The summed E-state index contributed by atoms with van der Waals surface area (Å²) in [5.41, 5.74) is 0.356. The van der Waals surface area contributed by atoms with Gasteiger partial charge in [0.05, 0.1) is 11.3 Å². The Hall–Kier alpha value is -1.56. The van der Waals surface area contributed by atoms with Crippen LogP contribution in [-0.4, -0.2) is 23.1 Å². The van der Waals surface area contributed by atoms with Gasteiger partial charge in [-0.15, -0.1) is 0 Å². The predicted octanol–water partition coefficient (Wildman–Crippen LogP) is 3.07. The van der Waals surface area contributed by atoms with E-state index in [0.29, 0.717) is 16.1 Å². The number of urea groups is 1. The molecule has 1 saturated carbocycles. The van der Waals surface area contributed by atoms with Crippen LogP contribution in [0, 0.1) is 5.92 Å². The molecule has 1 aliphatic carbocycles. The lowest BCUT2D eigenvalue weighted by atomic mass is 10.2. The number of nitrogens with one attached hydrogen (secondary N) is 2. The van der Waals surface area contributed by atoms with Gasteiger partial charge < -0.3 is 15.7 Å². The van der Waals surface area contributed by atoms with Gasteiger partial charge in [0.2, 0.25) is 0 Å². The molecule has 19 heavy (non-hydrogen) atoms. The molecule has 3 N–H and O–H groups in total. The van der Waals surface area contributed by atoms with Crippen molar-refractivity contribution in [3.05, 3.63) is 28.2 Å². The van der Waals surface area contributed by atoms with Crippen molar-refractivity contribution >= 4 is 33.6 Å². The molecule has 102 valence electrons. The Morgan fingerprint density at radius 2 is 2.21 bits per heavy atom. The standard InChI is InChI=1S/C13H15BrN2O3/c1-2-7-5-11(7)16-13(19)15-10-4-3-8(14)6-9(10)12(17)18/h3-4,6-7,11H,2,5H2,1H3,(H,17,18)(H2,15,16,19). The summed E-state index contributed by atoms with van der Waals surface area (Å²) in [6.07, 6.45) is 2.04. The first-order valence-corrected chi connectivity index (χ1v) is 6.91. The molecule has 0 aliphatic heterocycles. The largest absolute Gasteiger partial charge is 0.478 e. The van der Waals surface area contributed by atoms with Crippen molar-refractivity contribution in [1.29, 1.82) is 0 Å². The van der Waals surface area contributed by atoms with Crippen LogP contribution in [0.15, 0.2) is 22.7 Å². The van der Waals surface area contributed by atoms with E-state index in [0.717, 1.165) is 12.8 Å². The molecule has 0 aromatic heterocycles. The van der Waals surface area contributed by atoms with Crippen molar-refractivity contribution in [2.75, 3.05) is 5.32 Å². The van der Waals surface area contributed by atoms with Gasteiger partial charge in [-0.25, -0.2) is 9.59 Å². The molecule has 6 heteroatoms. The number of benzene rings is 1. The lowest BCUT2D eigenvalue weighted by Gasteiger charge is -2.10. The van der Waals surface area contributed by atoms with Gasteiger partial charge in [0.1, 0.15) is 0 Å². The van der Waals surface area contributed by atoms with E-state index in [1.165, 1.54) is 6.07 Å². The van der Waals surface area contributed by atoms with Gasteiger partial charge in [-0.05, 0) is 30.5 Å². The highest BCUT2D eigenvalue weighted by Gasteiger charge is 2.36. The fourth-order valence-corrected chi connectivity index (χ4v) is 2.37. The molecule has 0 saturated heterocycles. The van der Waals surface area contributed by atoms with Crippen LogP contribution in [0.25, 0.3) is 0 Å². The fourth-order valence-electron chi connectivity index (χ4n) is 2.00. The highest BCUT2D eigenvalue weighted by atomic mass is 79.9. The minimum Gasteiger partial charge on any atom is -0.478 e. The number of hydrogen-bond donors (Lipinski definition) is 3. The average Bonchev–Trinajstić information content (AvgIpc) is 3.09. The van der Waals surface area contributed by atoms with E-state index in [-0.39, 0.29) is 17.6 Å². The van der Waals surface area contributed by atoms with Crippen LogP contribution in [0.4, 0.5) is 10.5 Å². The number of anilines is 1. The zero-order chi connectivity index (χ0) is 14.0. The van der Waals surface area contributed by atoms with Gasteiger partial charge in [0.15, 0.2) is 0 Å². The quantitative estimate of drug-likeness (QED) is 0.795. The van der Waals surface area contributed by atoms with E-state index in [1.807, 2.05) is 0 Å². The number of aromatic carboxylic acids is 1. The van der Waals surface area contributed by atoms with Gasteiger partial charge in [-0.3, -0.25) is 0 Å². The van der Waals surface area contributed by atoms with E-state index < -0.39 is 5.97 Å². The first-order chi connectivity index (χ1) is 9.01. The third kappa shape index (κ3) is 3.47. The smallest absolute Gasteiger partial charge is 0.337 e. The maximum absolute atomic E-state index is 11.8. The Morgan fingerprint density at radius 1 is 1.47 bits per heavy atom. The van der Waals surface area contributed by atoms with E-state index in [4.69, 9.17) is 5.11 Å². The number of carbonyl (C=O) groups is 2. The monoisotopic (exact) mass is 326 g/mol. The number of hydrogen-bond acceptors (Lipinski definition) is 2. The summed E-state index contributed by atoms with van der Waals surface area (Å²) >= 11 is 3.21. The average molecular weight is 327 g/mol. The highest BCUT2D eigenvalue weighted by Crippen LogP contribution is 2.33. The Bertz CT molecular complexity index is 519. The lowest BCUT2D eigenvalue weighted by Crippen LogP contribution is -2.32.